The Balaban J connectivity index is 1.17. The summed E-state index contributed by atoms with van der Waals surface area (Å²) in [6, 6.07) is 12.9. The number of hydrogen-bond donors (Lipinski definition) is 1. The summed E-state index contributed by atoms with van der Waals surface area (Å²) in [6.07, 6.45) is 7.79. The lowest BCUT2D eigenvalue weighted by Crippen LogP contribution is -2.39. The molecule has 0 radical (unpaired) electrons. The molecule has 2 fully saturated rings. The molecule has 148 valence electrons. The van der Waals surface area contributed by atoms with Crippen molar-refractivity contribution in [2.75, 3.05) is 13.2 Å². The van der Waals surface area contributed by atoms with E-state index in [9.17, 15) is 4.79 Å². The van der Waals surface area contributed by atoms with E-state index in [2.05, 4.69) is 23.5 Å². The van der Waals surface area contributed by atoms with Gasteiger partial charge in [-0.25, -0.2) is 4.68 Å². The quantitative estimate of drug-likeness (QED) is 0.859. The maximum absolute atomic E-state index is 12.3. The first-order valence-electron chi connectivity index (χ1n) is 10.8. The third-order valence-electron chi connectivity index (χ3n) is 6.62. The van der Waals surface area contributed by atoms with E-state index in [4.69, 9.17) is 9.84 Å². The van der Waals surface area contributed by atoms with Gasteiger partial charge in [-0.05, 0) is 62.6 Å². The van der Waals surface area contributed by atoms with E-state index in [0.29, 0.717) is 17.9 Å². The van der Waals surface area contributed by atoms with E-state index in [1.807, 2.05) is 12.1 Å². The fraction of sp³-hybridized carbons (Fsp3) is 0.565. The molecule has 2 aromatic rings. The molecule has 1 aromatic heterocycles. The minimum atomic E-state index is 0.0552. The average molecular weight is 380 g/mol. The van der Waals surface area contributed by atoms with Crippen molar-refractivity contribution in [3.8, 4) is 5.75 Å². The van der Waals surface area contributed by atoms with Crippen LogP contribution < -0.4 is 15.6 Å². The molecule has 1 atom stereocenters. The van der Waals surface area contributed by atoms with E-state index in [1.165, 1.54) is 18.4 Å². The van der Waals surface area contributed by atoms with Crippen molar-refractivity contribution in [3.63, 3.8) is 0 Å². The maximum atomic E-state index is 12.3. The number of para-hydroxylation sites is 1. The number of nitrogens with one attached hydrogen (secondary N) is 1. The van der Waals surface area contributed by atoms with E-state index >= 15 is 0 Å². The second kappa shape index (κ2) is 7.70. The summed E-state index contributed by atoms with van der Waals surface area (Å²) in [5.41, 5.74) is 2.50. The summed E-state index contributed by atoms with van der Waals surface area (Å²) in [4.78, 5) is 12.3. The molecule has 28 heavy (non-hydrogen) atoms. The van der Waals surface area contributed by atoms with E-state index in [1.54, 1.807) is 10.7 Å². The van der Waals surface area contributed by atoms with Crippen LogP contribution in [0.25, 0.3) is 0 Å². The Labute approximate surface area is 166 Å². The van der Waals surface area contributed by atoms with Gasteiger partial charge in [-0.2, -0.15) is 5.10 Å². The number of nitrogens with zero attached hydrogens (tertiary/aromatic N) is 2. The Morgan fingerprint density at radius 3 is 2.64 bits per heavy atom. The van der Waals surface area contributed by atoms with Gasteiger partial charge in [0.2, 0.25) is 0 Å². The van der Waals surface area contributed by atoms with Gasteiger partial charge in [0, 0.05) is 30.5 Å². The molecule has 3 aliphatic rings. The van der Waals surface area contributed by atoms with Crippen LogP contribution in [0.4, 0.5) is 0 Å². The third-order valence-corrected chi connectivity index (χ3v) is 6.62. The van der Waals surface area contributed by atoms with Crippen molar-refractivity contribution >= 4 is 0 Å². The first-order valence-corrected chi connectivity index (χ1v) is 10.8. The SMILES string of the molecule is O=c1ccc(C2CC2)nn1C1CCC(NCC2CCOc3ccccc32)CC1. The van der Waals surface area contributed by atoms with Crippen molar-refractivity contribution in [1.82, 2.24) is 15.1 Å². The zero-order valence-corrected chi connectivity index (χ0v) is 16.3. The Kier molecular flexibility index (Phi) is 4.93. The topological polar surface area (TPSA) is 56.2 Å². The van der Waals surface area contributed by atoms with Crippen LogP contribution in [0, 0.1) is 0 Å². The van der Waals surface area contributed by atoms with Gasteiger partial charge < -0.3 is 10.1 Å². The standard InChI is InChI=1S/C23H29N3O2/c27-23-12-11-21(16-5-6-16)25-26(23)19-9-7-18(8-10-19)24-15-17-13-14-28-22-4-2-1-3-20(17)22/h1-4,11-12,16-19,24H,5-10,13-15H2. The van der Waals surface area contributed by atoms with Crippen LogP contribution in [0.15, 0.2) is 41.2 Å². The largest absolute Gasteiger partial charge is 0.493 e. The van der Waals surface area contributed by atoms with Crippen LogP contribution in [-0.4, -0.2) is 29.0 Å². The number of aromatic nitrogens is 2. The normalized spacial score (nSPS) is 27.1. The van der Waals surface area contributed by atoms with Crippen LogP contribution in [0.2, 0.25) is 0 Å². The molecule has 1 aromatic carbocycles. The zero-order valence-electron chi connectivity index (χ0n) is 16.3. The summed E-state index contributed by atoms with van der Waals surface area (Å²) < 4.78 is 7.56. The van der Waals surface area contributed by atoms with Crippen molar-refractivity contribution in [2.24, 2.45) is 0 Å². The van der Waals surface area contributed by atoms with Gasteiger partial charge in [0.05, 0.1) is 18.3 Å². The number of rotatable bonds is 5. The molecule has 5 rings (SSSR count). The monoisotopic (exact) mass is 379 g/mol. The average Bonchev–Trinajstić information content (AvgIpc) is 3.58. The Morgan fingerprint density at radius 2 is 1.82 bits per heavy atom. The Hall–Kier alpha value is -2.14. The molecule has 2 heterocycles. The Bertz CT molecular complexity index is 881. The van der Waals surface area contributed by atoms with Gasteiger partial charge in [-0.3, -0.25) is 4.79 Å². The molecule has 5 heteroatoms. The first-order chi connectivity index (χ1) is 13.8. The van der Waals surface area contributed by atoms with E-state index in [0.717, 1.165) is 56.7 Å². The molecule has 1 aliphatic heterocycles. The molecule has 2 aliphatic carbocycles. The van der Waals surface area contributed by atoms with Crippen LogP contribution >= 0.6 is 0 Å². The number of benzene rings is 1. The zero-order chi connectivity index (χ0) is 18.9. The number of ether oxygens (including phenoxy) is 1. The van der Waals surface area contributed by atoms with Crippen LogP contribution in [0.3, 0.4) is 0 Å². The van der Waals surface area contributed by atoms with Gasteiger partial charge in [0.25, 0.3) is 5.56 Å². The molecule has 2 saturated carbocycles. The van der Waals surface area contributed by atoms with Crippen molar-refractivity contribution in [3.05, 3.63) is 58.0 Å². The van der Waals surface area contributed by atoms with Crippen LogP contribution in [-0.2, 0) is 0 Å². The maximum Gasteiger partial charge on any atom is 0.267 e. The van der Waals surface area contributed by atoms with E-state index in [-0.39, 0.29) is 11.6 Å². The highest BCUT2D eigenvalue weighted by Crippen LogP contribution is 2.39. The summed E-state index contributed by atoms with van der Waals surface area (Å²) in [5.74, 6) is 2.17. The summed E-state index contributed by atoms with van der Waals surface area (Å²) in [6.45, 7) is 1.81. The molecule has 5 nitrogen and oxygen atoms in total. The summed E-state index contributed by atoms with van der Waals surface area (Å²) >= 11 is 0. The first kappa shape index (κ1) is 17.9. The fourth-order valence-corrected chi connectivity index (χ4v) is 4.76. The second-order valence-electron chi connectivity index (χ2n) is 8.60. The van der Waals surface area contributed by atoms with E-state index < -0.39 is 0 Å². The number of hydrogen-bond acceptors (Lipinski definition) is 4. The molecule has 0 spiro atoms. The molecule has 0 saturated heterocycles. The molecule has 1 N–H and O–H groups in total. The molecular weight excluding hydrogens is 350 g/mol. The van der Waals surface area contributed by atoms with Gasteiger partial charge in [-0.1, -0.05) is 18.2 Å². The van der Waals surface area contributed by atoms with Gasteiger partial charge >= 0.3 is 0 Å². The molecular formula is C23H29N3O2. The summed E-state index contributed by atoms with van der Waals surface area (Å²) in [5, 5.41) is 8.49. The van der Waals surface area contributed by atoms with Gasteiger partial charge in [-0.15, -0.1) is 0 Å². The number of fused-ring (bicyclic) bond motifs is 1. The highest BCUT2D eigenvalue weighted by molar-refractivity contribution is 5.37. The second-order valence-corrected chi connectivity index (χ2v) is 8.60. The minimum absolute atomic E-state index is 0.0552. The fourth-order valence-electron chi connectivity index (χ4n) is 4.76. The summed E-state index contributed by atoms with van der Waals surface area (Å²) in [7, 11) is 0. The third kappa shape index (κ3) is 3.72. The lowest BCUT2D eigenvalue weighted by atomic mass is 9.89. The minimum Gasteiger partial charge on any atom is -0.493 e. The van der Waals surface area contributed by atoms with Gasteiger partial charge in [0.1, 0.15) is 5.75 Å². The van der Waals surface area contributed by atoms with Crippen LogP contribution in [0.5, 0.6) is 5.75 Å². The van der Waals surface area contributed by atoms with Gasteiger partial charge in [0.15, 0.2) is 0 Å². The Morgan fingerprint density at radius 1 is 1.00 bits per heavy atom. The predicted octanol–water partition coefficient (Wildman–Crippen LogP) is 3.76. The van der Waals surface area contributed by atoms with Crippen LogP contribution in [0.1, 0.15) is 74.1 Å². The lowest BCUT2D eigenvalue weighted by Gasteiger charge is -2.32. The van der Waals surface area contributed by atoms with Crippen molar-refractivity contribution in [1.29, 1.82) is 0 Å². The predicted molar refractivity (Wildman–Crippen MR) is 109 cm³/mol. The highest BCUT2D eigenvalue weighted by Gasteiger charge is 2.29. The lowest BCUT2D eigenvalue weighted by molar-refractivity contribution is 0.244. The van der Waals surface area contributed by atoms with Crippen molar-refractivity contribution < 1.29 is 4.74 Å². The molecule has 1 unspecified atom stereocenters. The molecule has 0 amide bonds. The molecule has 0 bridgehead atoms. The van der Waals surface area contributed by atoms with Crippen molar-refractivity contribution in [2.45, 2.75) is 68.9 Å². The highest BCUT2D eigenvalue weighted by atomic mass is 16.5. The smallest absolute Gasteiger partial charge is 0.267 e.